The molecule has 2 aliphatic rings. The number of hydrogen-bond donors (Lipinski definition) is 1. The van der Waals surface area contributed by atoms with Crippen LogP contribution in [0, 0.1) is 5.92 Å². The van der Waals surface area contributed by atoms with Crippen molar-refractivity contribution in [3.05, 3.63) is 87.9 Å². The molecule has 1 saturated heterocycles. The minimum Gasteiger partial charge on any atom is -0.493 e. The number of carbonyl (C=O) groups is 2. The maximum Gasteiger partial charge on any atom is 0.232 e. The van der Waals surface area contributed by atoms with Gasteiger partial charge in [-0.1, -0.05) is 35.9 Å². The number of rotatable bonds is 8. The molecule has 0 aliphatic carbocycles. The number of benzene rings is 3. The Balaban J connectivity index is 1.54. The third-order valence-corrected chi connectivity index (χ3v) is 8.59. The number of nitrogens with zero attached hydrogens (tertiary/aromatic N) is 2. The van der Waals surface area contributed by atoms with Crippen molar-refractivity contribution < 1.29 is 24.2 Å². The lowest BCUT2D eigenvalue weighted by Gasteiger charge is -2.40. The Morgan fingerprint density at radius 2 is 1.68 bits per heavy atom. The summed E-state index contributed by atoms with van der Waals surface area (Å²) in [4.78, 5) is 28.5. The molecule has 2 aliphatic heterocycles. The molecule has 3 aromatic carbocycles. The Bertz CT molecular complexity index is 1400. The average Bonchev–Trinajstić information content (AvgIpc) is 2.96. The first kappa shape index (κ1) is 29.0. The van der Waals surface area contributed by atoms with E-state index in [0.29, 0.717) is 29.6 Å². The Labute approximate surface area is 246 Å². The van der Waals surface area contributed by atoms with Gasteiger partial charge in [0, 0.05) is 23.8 Å². The number of aliphatic hydroxyl groups is 1. The van der Waals surface area contributed by atoms with Crippen LogP contribution >= 0.6 is 11.6 Å². The van der Waals surface area contributed by atoms with Gasteiger partial charge in [0.25, 0.3) is 0 Å². The Morgan fingerprint density at radius 3 is 2.27 bits per heavy atom. The maximum atomic E-state index is 13.8. The predicted octanol–water partition coefficient (Wildman–Crippen LogP) is 5.89. The molecule has 2 heterocycles. The summed E-state index contributed by atoms with van der Waals surface area (Å²) in [6.07, 6.45) is 2.50. The van der Waals surface area contributed by atoms with Gasteiger partial charge < -0.3 is 24.4 Å². The fraction of sp³-hybridized carbons (Fsp3) is 0.394. The molecule has 0 aromatic heterocycles. The fourth-order valence-electron chi connectivity index (χ4n) is 6.09. The minimum atomic E-state index is -1.05. The maximum absolute atomic E-state index is 13.8. The lowest BCUT2D eigenvalue weighted by Crippen LogP contribution is -2.42. The first-order valence-electron chi connectivity index (χ1n) is 14.1. The van der Waals surface area contributed by atoms with E-state index in [9.17, 15) is 14.7 Å². The summed E-state index contributed by atoms with van der Waals surface area (Å²) >= 11 is 6.23. The van der Waals surface area contributed by atoms with Gasteiger partial charge >= 0.3 is 0 Å². The number of hydrogen-bond acceptors (Lipinski definition) is 5. The van der Waals surface area contributed by atoms with Crippen LogP contribution in [0.3, 0.4) is 0 Å². The first-order chi connectivity index (χ1) is 19.6. The number of anilines is 1. The molecule has 0 bridgehead atoms. The second-order valence-electron chi connectivity index (χ2n) is 11.4. The van der Waals surface area contributed by atoms with Crippen molar-refractivity contribution in [2.75, 3.05) is 25.1 Å². The molecular formula is C33H37ClN2O5. The molecule has 2 amide bonds. The van der Waals surface area contributed by atoms with Crippen LogP contribution in [0.2, 0.25) is 5.02 Å². The Hall–Kier alpha value is -3.55. The van der Waals surface area contributed by atoms with Crippen LogP contribution in [0.25, 0.3) is 0 Å². The van der Waals surface area contributed by atoms with Crippen molar-refractivity contribution in [2.24, 2.45) is 5.92 Å². The van der Waals surface area contributed by atoms with Crippen molar-refractivity contribution in [3.8, 4) is 11.5 Å². The molecule has 41 heavy (non-hydrogen) atoms. The molecule has 0 radical (unpaired) electrons. The lowest BCUT2D eigenvalue weighted by atomic mass is 9.77. The molecule has 0 spiro atoms. The number of fused-ring (bicyclic) bond motifs is 1. The third-order valence-electron chi connectivity index (χ3n) is 8.34. The number of ether oxygens (including phenoxy) is 2. The molecule has 0 saturated carbocycles. The average molecular weight is 577 g/mol. The standard InChI is InChI=1S/C33H37ClN2O5/c1-21(2)41-30-19-28-23(17-29(30)40-4)18-31(38)36(32(28)22-5-9-26(34)10-6-22)27-11-7-24(8-12-27)33(3,39)25-13-15-35(20-37)16-14-25/h5-12,17,19-21,25,32,39H,13-16,18H2,1-4H3/t32-,33+/m0/s1. The fourth-order valence-corrected chi connectivity index (χ4v) is 6.22. The summed E-state index contributed by atoms with van der Waals surface area (Å²) < 4.78 is 11.7. The van der Waals surface area contributed by atoms with E-state index in [0.717, 1.165) is 47.2 Å². The van der Waals surface area contributed by atoms with Crippen LogP contribution in [0.15, 0.2) is 60.7 Å². The van der Waals surface area contributed by atoms with E-state index in [1.807, 2.05) is 86.3 Å². The molecule has 1 fully saturated rings. The smallest absolute Gasteiger partial charge is 0.232 e. The first-order valence-corrected chi connectivity index (χ1v) is 14.5. The molecule has 216 valence electrons. The summed E-state index contributed by atoms with van der Waals surface area (Å²) in [7, 11) is 1.60. The van der Waals surface area contributed by atoms with Gasteiger partial charge in [0.15, 0.2) is 11.5 Å². The number of likely N-dealkylation sites (tertiary alicyclic amines) is 1. The summed E-state index contributed by atoms with van der Waals surface area (Å²) in [6.45, 7) is 7.05. The third kappa shape index (κ3) is 5.79. The van der Waals surface area contributed by atoms with Crippen molar-refractivity contribution in [1.29, 1.82) is 0 Å². The van der Waals surface area contributed by atoms with E-state index in [4.69, 9.17) is 21.1 Å². The summed E-state index contributed by atoms with van der Waals surface area (Å²) in [6, 6.07) is 18.7. The van der Waals surface area contributed by atoms with Crippen molar-refractivity contribution in [1.82, 2.24) is 4.90 Å². The van der Waals surface area contributed by atoms with Gasteiger partial charge in [-0.15, -0.1) is 0 Å². The summed E-state index contributed by atoms with van der Waals surface area (Å²) in [5.74, 6) is 1.21. The Morgan fingerprint density at radius 1 is 1.02 bits per heavy atom. The van der Waals surface area contributed by atoms with E-state index in [-0.39, 0.29) is 24.3 Å². The van der Waals surface area contributed by atoms with Gasteiger partial charge in [-0.2, -0.15) is 0 Å². The number of amides is 2. The zero-order valence-electron chi connectivity index (χ0n) is 24.0. The largest absolute Gasteiger partial charge is 0.493 e. The molecule has 5 rings (SSSR count). The van der Waals surface area contributed by atoms with Gasteiger partial charge in [0.2, 0.25) is 12.3 Å². The van der Waals surface area contributed by atoms with Crippen LogP contribution in [0.5, 0.6) is 11.5 Å². The zero-order valence-corrected chi connectivity index (χ0v) is 24.7. The molecule has 0 unspecified atom stereocenters. The van der Waals surface area contributed by atoms with E-state index >= 15 is 0 Å². The molecule has 7 nitrogen and oxygen atoms in total. The van der Waals surface area contributed by atoms with Crippen LogP contribution in [-0.4, -0.2) is 48.6 Å². The van der Waals surface area contributed by atoms with Gasteiger partial charge in [-0.25, -0.2) is 0 Å². The molecule has 3 aromatic rings. The van der Waals surface area contributed by atoms with E-state index < -0.39 is 11.6 Å². The van der Waals surface area contributed by atoms with Gasteiger partial charge in [0.05, 0.1) is 31.3 Å². The van der Waals surface area contributed by atoms with Crippen LogP contribution in [-0.2, 0) is 21.6 Å². The summed E-state index contributed by atoms with van der Waals surface area (Å²) in [5.41, 5.74) is 3.24. The van der Waals surface area contributed by atoms with Gasteiger partial charge in [-0.3, -0.25) is 9.59 Å². The topological polar surface area (TPSA) is 79.3 Å². The predicted molar refractivity (Wildman–Crippen MR) is 160 cm³/mol. The lowest BCUT2D eigenvalue weighted by molar-refractivity contribution is -0.121. The van der Waals surface area contributed by atoms with E-state index in [1.54, 1.807) is 12.0 Å². The molecule has 1 N–H and O–H groups in total. The number of halogens is 1. The van der Waals surface area contributed by atoms with Crippen LogP contribution in [0.4, 0.5) is 5.69 Å². The van der Waals surface area contributed by atoms with E-state index in [1.165, 1.54) is 0 Å². The second kappa shape index (κ2) is 11.7. The number of methoxy groups -OCH3 is 1. The van der Waals surface area contributed by atoms with Gasteiger partial charge in [0.1, 0.15) is 0 Å². The highest BCUT2D eigenvalue weighted by Gasteiger charge is 2.38. The normalized spacial score (nSPS) is 19.1. The van der Waals surface area contributed by atoms with Crippen LogP contribution < -0.4 is 14.4 Å². The molecular weight excluding hydrogens is 540 g/mol. The monoisotopic (exact) mass is 576 g/mol. The zero-order chi connectivity index (χ0) is 29.3. The van der Waals surface area contributed by atoms with Crippen molar-refractivity contribution in [3.63, 3.8) is 0 Å². The quantitative estimate of drug-likeness (QED) is 0.338. The molecule has 2 atom stereocenters. The summed E-state index contributed by atoms with van der Waals surface area (Å²) in [5, 5.41) is 12.2. The highest BCUT2D eigenvalue weighted by Crippen LogP contribution is 2.44. The van der Waals surface area contributed by atoms with Crippen molar-refractivity contribution >= 4 is 29.6 Å². The second-order valence-corrected chi connectivity index (χ2v) is 11.8. The highest BCUT2D eigenvalue weighted by molar-refractivity contribution is 6.30. The minimum absolute atomic E-state index is 0.0317. The SMILES string of the molecule is COc1cc2c(cc1OC(C)C)[C@H](c1ccc(Cl)cc1)N(c1ccc([C@@](C)(O)C3CCN(C=O)CC3)cc1)C(=O)C2. The van der Waals surface area contributed by atoms with E-state index in [2.05, 4.69) is 0 Å². The van der Waals surface area contributed by atoms with Crippen LogP contribution in [0.1, 0.15) is 61.9 Å². The number of carbonyl (C=O) groups excluding carboxylic acids is 2. The highest BCUT2D eigenvalue weighted by atomic mass is 35.5. The Kier molecular flexibility index (Phi) is 8.30. The van der Waals surface area contributed by atoms with Gasteiger partial charge in [-0.05, 0) is 98.2 Å². The molecule has 8 heteroatoms. The van der Waals surface area contributed by atoms with Crippen molar-refractivity contribution in [2.45, 2.75) is 57.8 Å². The number of piperidine rings is 1.